The number of hydrogen-bond acceptors (Lipinski definition) is 5. The van der Waals surface area contributed by atoms with E-state index in [4.69, 9.17) is 13.9 Å². The van der Waals surface area contributed by atoms with Crippen LogP contribution in [0.15, 0.2) is 60.7 Å². The zero-order chi connectivity index (χ0) is 24.9. The van der Waals surface area contributed by atoms with Crippen molar-refractivity contribution in [1.29, 1.82) is 0 Å². The fourth-order valence-electron chi connectivity index (χ4n) is 5.02. The molecule has 2 aromatic carbocycles. The summed E-state index contributed by atoms with van der Waals surface area (Å²) in [5.74, 6) is -1.84. The lowest BCUT2D eigenvalue weighted by atomic mass is 9.97. The molecule has 1 unspecified atom stereocenters. The maximum atomic E-state index is 11.6. The topological polar surface area (TPSA) is 82.1 Å². The smallest absolute Gasteiger partial charge is 0.304 e. The highest BCUT2D eigenvalue weighted by atomic mass is 28.4. The van der Waals surface area contributed by atoms with E-state index >= 15 is 0 Å². The number of rotatable bonds is 9. The number of hydrogen-bond donors (Lipinski definition) is 1. The number of aliphatic carboxylic acids is 1. The van der Waals surface area contributed by atoms with Crippen molar-refractivity contribution < 1.29 is 28.6 Å². The van der Waals surface area contributed by atoms with Gasteiger partial charge < -0.3 is 19.0 Å². The van der Waals surface area contributed by atoms with E-state index in [1.165, 1.54) is 17.3 Å². The Hall–Kier alpha value is -2.48. The Morgan fingerprint density at radius 3 is 2.00 bits per heavy atom. The Balaban J connectivity index is 2.03. The van der Waals surface area contributed by atoms with Gasteiger partial charge in [-0.25, -0.2) is 0 Å². The molecule has 3 rings (SSSR count). The number of carbonyl (C=O) groups excluding carboxylic acids is 1. The average Bonchev–Trinajstić information content (AvgIpc) is 3.15. The number of esters is 1. The van der Waals surface area contributed by atoms with Gasteiger partial charge in [0.15, 0.2) is 0 Å². The van der Waals surface area contributed by atoms with E-state index in [2.05, 4.69) is 52.0 Å². The van der Waals surface area contributed by atoms with Crippen LogP contribution < -0.4 is 10.4 Å². The molecule has 1 saturated heterocycles. The first-order chi connectivity index (χ1) is 16.1. The van der Waals surface area contributed by atoms with Crippen molar-refractivity contribution in [2.24, 2.45) is 5.92 Å². The summed E-state index contributed by atoms with van der Waals surface area (Å²) in [7, 11) is -2.81. The number of benzene rings is 2. The molecule has 4 atom stereocenters. The van der Waals surface area contributed by atoms with E-state index in [0.29, 0.717) is 12.8 Å². The SMILES string of the molecule is CCC(O[Si](c1ccccc1)(c1ccccc1)C(C)(C)C)[C@@H]1C[C@H](CC(=O)O)[C@@H](OC(C)=O)O1. The fraction of sp³-hybridized carbons (Fsp3) is 0.481. The Morgan fingerprint density at radius 2 is 1.59 bits per heavy atom. The molecule has 6 nitrogen and oxygen atoms in total. The Labute approximate surface area is 203 Å². The minimum absolute atomic E-state index is 0.121. The van der Waals surface area contributed by atoms with Crippen molar-refractivity contribution in [2.75, 3.05) is 0 Å². The van der Waals surface area contributed by atoms with Crippen molar-refractivity contribution in [3.05, 3.63) is 60.7 Å². The fourth-order valence-corrected chi connectivity index (χ4v) is 9.81. The van der Waals surface area contributed by atoms with Crippen LogP contribution in [0.2, 0.25) is 5.04 Å². The van der Waals surface area contributed by atoms with E-state index in [9.17, 15) is 14.7 Å². The predicted molar refractivity (Wildman–Crippen MR) is 134 cm³/mol. The maximum absolute atomic E-state index is 11.6. The van der Waals surface area contributed by atoms with Gasteiger partial charge in [0.1, 0.15) is 0 Å². The highest BCUT2D eigenvalue weighted by Crippen LogP contribution is 2.40. The van der Waals surface area contributed by atoms with E-state index in [1.807, 2.05) is 36.4 Å². The summed E-state index contributed by atoms with van der Waals surface area (Å²) in [6, 6.07) is 20.8. The quantitative estimate of drug-likeness (QED) is 0.426. The second-order valence-corrected chi connectivity index (χ2v) is 14.2. The third-order valence-electron chi connectivity index (χ3n) is 6.51. The first kappa shape index (κ1) is 26.1. The molecule has 0 bridgehead atoms. The predicted octanol–water partition coefficient (Wildman–Crippen LogP) is 4.11. The van der Waals surface area contributed by atoms with Crippen LogP contribution >= 0.6 is 0 Å². The zero-order valence-electron chi connectivity index (χ0n) is 20.7. The van der Waals surface area contributed by atoms with Gasteiger partial charge in [0.2, 0.25) is 6.29 Å². The van der Waals surface area contributed by atoms with E-state index in [1.54, 1.807) is 0 Å². The van der Waals surface area contributed by atoms with Crippen molar-refractivity contribution >= 4 is 30.6 Å². The number of carbonyl (C=O) groups is 2. The van der Waals surface area contributed by atoms with Gasteiger partial charge in [-0.05, 0) is 28.3 Å². The van der Waals surface area contributed by atoms with Gasteiger partial charge >= 0.3 is 11.9 Å². The minimum atomic E-state index is -2.81. The number of carboxylic acids is 1. The van der Waals surface area contributed by atoms with E-state index in [-0.39, 0.29) is 23.7 Å². The molecular weight excluding hydrogens is 448 g/mol. The second kappa shape index (κ2) is 10.8. The first-order valence-electron chi connectivity index (χ1n) is 11.9. The zero-order valence-corrected chi connectivity index (χ0v) is 21.7. The second-order valence-electron chi connectivity index (χ2n) is 9.97. The van der Waals surface area contributed by atoms with Crippen molar-refractivity contribution in [2.45, 2.75) is 77.4 Å². The minimum Gasteiger partial charge on any atom is -0.481 e. The van der Waals surface area contributed by atoms with Gasteiger partial charge in [-0.3, -0.25) is 9.59 Å². The van der Waals surface area contributed by atoms with Crippen LogP contribution in [0.5, 0.6) is 0 Å². The van der Waals surface area contributed by atoms with Crippen molar-refractivity contribution in [3.8, 4) is 0 Å². The molecule has 0 amide bonds. The van der Waals surface area contributed by atoms with E-state index < -0.39 is 32.5 Å². The monoisotopic (exact) mass is 484 g/mol. The molecule has 184 valence electrons. The summed E-state index contributed by atoms with van der Waals surface area (Å²) in [5, 5.41) is 11.5. The molecule has 0 radical (unpaired) electrons. The normalized spacial score (nSPS) is 21.7. The van der Waals surface area contributed by atoms with Gasteiger partial charge in [0.25, 0.3) is 8.32 Å². The summed E-state index contributed by atoms with van der Waals surface area (Å²) >= 11 is 0. The average molecular weight is 485 g/mol. The molecule has 0 aliphatic carbocycles. The molecule has 0 saturated carbocycles. The van der Waals surface area contributed by atoms with Gasteiger partial charge in [-0.2, -0.15) is 0 Å². The Bertz CT molecular complexity index is 893. The van der Waals surface area contributed by atoms with Crippen LogP contribution in [-0.4, -0.2) is 43.9 Å². The molecule has 1 heterocycles. The van der Waals surface area contributed by atoms with Crippen LogP contribution in [0.4, 0.5) is 0 Å². The van der Waals surface area contributed by atoms with Crippen molar-refractivity contribution in [1.82, 2.24) is 0 Å². The Morgan fingerprint density at radius 1 is 1.06 bits per heavy atom. The molecule has 34 heavy (non-hydrogen) atoms. The molecule has 1 aliphatic heterocycles. The largest absolute Gasteiger partial charge is 0.481 e. The summed E-state index contributed by atoms with van der Waals surface area (Å²) in [4.78, 5) is 23.1. The van der Waals surface area contributed by atoms with Gasteiger partial charge in [0, 0.05) is 12.8 Å². The van der Waals surface area contributed by atoms with Gasteiger partial charge in [0.05, 0.1) is 18.6 Å². The molecular formula is C27H36O6Si. The molecule has 1 fully saturated rings. The summed E-state index contributed by atoms with van der Waals surface area (Å²) in [6.45, 7) is 10.0. The summed E-state index contributed by atoms with van der Waals surface area (Å²) < 4.78 is 18.7. The third-order valence-corrected chi connectivity index (χ3v) is 11.6. The van der Waals surface area contributed by atoms with Crippen LogP contribution in [-0.2, 0) is 23.5 Å². The molecule has 0 aromatic heterocycles. The number of carboxylic acid groups (broad SMARTS) is 1. The molecule has 1 N–H and O–H groups in total. The van der Waals surface area contributed by atoms with E-state index in [0.717, 1.165) is 0 Å². The lowest BCUT2D eigenvalue weighted by molar-refractivity contribution is -0.186. The van der Waals surface area contributed by atoms with Gasteiger partial charge in [-0.1, -0.05) is 88.4 Å². The lowest BCUT2D eigenvalue weighted by Crippen LogP contribution is -2.68. The molecule has 0 spiro atoms. The summed E-state index contributed by atoms with van der Waals surface area (Å²) in [5.41, 5.74) is 0. The number of ether oxygens (including phenoxy) is 2. The highest BCUT2D eigenvalue weighted by Gasteiger charge is 2.53. The molecule has 2 aromatic rings. The van der Waals surface area contributed by atoms with Crippen LogP contribution in [0, 0.1) is 5.92 Å². The van der Waals surface area contributed by atoms with Crippen LogP contribution in [0.25, 0.3) is 0 Å². The standard InChI is InChI=1S/C27H36O6Si/c1-6-23(24-17-20(18-25(29)30)26(32-24)31-19(2)28)33-34(27(3,4)5,21-13-9-7-10-14-21)22-15-11-8-12-16-22/h7-16,20,23-24,26H,6,17-18H2,1-5H3,(H,29,30)/t20-,23?,24+,26+/m1/s1. The lowest BCUT2D eigenvalue weighted by Gasteiger charge is -2.46. The van der Waals surface area contributed by atoms with Crippen LogP contribution in [0.3, 0.4) is 0 Å². The summed E-state index contributed by atoms with van der Waals surface area (Å²) in [6.07, 6.45) is -0.522. The van der Waals surface area contributed by atoms with Gasteiger partial charge in [-0.15, -0.1) is 0 Å². The molecule has 1 aliphatic rings. The Kier molecular flexibility index (Phi) is 8.33. The highest BCUT2D eigenvalue weighted by molar-refractivity contribution is 6.99. The van der Waals surface area contributed by atoms with Crippen molar-refractivity contribution in [3.63, 3.8) is 0 Å². The third kappa shape index (κ3) is 5.59. The first-order valence-corrected chi connectivity index (χ1v) is 13.8. The maximum Gasteiger partial charge on any atom is 0.304 e. The molecule has 7 heteroatoms. The van der Waals surface area contributed by atoms with Crippen LogP contribution in [0.1, 0.15) is 53.9 Å².